The van der Waals surface area contributed by atoms with Gasteiger partial charge in [-0.2, -0.15) is 18.3 Å². The minimum absolute atomic E-state index is 0.0750. The van der Waals surface area contributed by atoms with Crippen molar-refractivity contribution < 1.29 is 18.0 Å². The van der Waals surface area contributed by atoms with Crippen molar-refractivity contribution >= 4 is 5.91 Å². The summed E-state index contributed by atoms with van der Waals surface area (Å²) >= 11 is 0. The van der Waals surface area contributed by atoms with Crippen LogP contribution in [0.1, 0.15) is 89.1 Å². The topological polar surface area (TPSA) is 59.0 Å². The van der Waals surface area contributed by atoms with Crippen molar-refractivity contribution in [2.75, 3.05) is 6.54 Å². The number of fused-ring (bicyclic) bond motifs is 2. The van der Waals surface area contributed by atoms with Gasteiger partial charge in [0, 0.05) is 24.7 Å². The Balaban J connectivity index is 1.35. The summed E-state index contributed by atoms with van der Waals surface area (Å²) in [5.74, 6) is 1.65. The van der Waals surface area contributed by atoms with Gasteiger partial charge in [-0.05, 0) is 93.4 Å². The summed E-state index contributed by atoms with van der Waals surface area (Å²) < 4.78 is 42.3. The Morgan fingerprint density at radius 3 is 2.54 bits per heavy atom. The normalized spacial score (nSPS) is 31.1. The van der Waals surface area contributed by atoms with Crippen LogP contribution in [0.5, 0.6) is 0 Å². The lowest BCUT2D eigenvalue weighted by molar-refractivity contribution is -0.137. The number of hydrogen-bond acceptors (Lipinski definition) is 3. The maximum absolute atomic E-state index is 13.5. The molecule has 3 aliphatic carbocycles. The van der Waals surface area contributed by atoms with Crippen LogP contribution < -0.4 is 10.6 Å². The number of hydrogen-bond donors (Lipinski definition) is 2. The quantitative estimate of drug-likeness (QED) is 0.510. The summed E-state index contributed by atoms with van der Waals surface area (Å²) in [7, 11) is 0. The van der Waals surface area contributed by atoms with Crippen molar-refractivity contribution in [3.8, 4) is 0 Å². The van der Waals surface area contributed by atoms with Crippen molar-refractivity contribution in [1.82, 2.24) is 20.4 Å². The number of rotatable bonds is 5. The molecule has 1 aromatic carbocycles. The SMILES string of the molecule is CC1(C)C2CC[C@@H](CNC(=O)[C@@H]3CC(c4ccn(C(C)(C)C)n4)[C@H](c4cccc(C(F)(F)F)c4)N3)C1C2. The molecular formula is C29H39F3N4O. The van der Waals surface area contributed by atoms with Crippen molar-refractivity contribution in [2.24, 2.45) is 23.2 Å². The second kappa shape index (κ2) is 9.14. The first kappa shape index (κ1) is 26.3. The van der Waals surface area contributed by atoms with E-state index in [2.05, 4.69) is 24.5 Å². The minimum Gasteiger partial charge on any atom is -0.354 e. The zero-order valence-electron chi connectivity index (χ0n) is 22.4. The Morgan fingerprint density at radius 2 is 1.92 bits per heavy atom. The van der Waals surface area contributed by atoms with Crippen LogP contribution in [0.15, 0.2) is 36.5 Å². The lowest BCUT2D eigenvalue weighted by Crippen LogP contribution is -2.55. The van der Waals surface area contributed by atoms with E-state index in [0.717, 1.165) is 24.1 Å². The number of alkyl halides is 3. The molecule has 3 unspecified atom stereocenters. The van der Waals surface area contributed by atoms with Crippen molar-refractivity contribution in [3.63, 3.8) is 0 Å². The minimum atomic E-state index is -4.43. The van der Waals surface area contributed by atoms with Gasteiger partial charge in [-0.25, -0.2) is 0 Å². The average molecular weight is 517 g/mol. The number of amides is 1. The molecule has 3 saturated carbocycles. The number of nitrogens with zero attached hydrogens (tertiary/aromatic N) is 2. The number of benzene rings is 1. The third-order valence-electron chi connectivity index (χ3n) is 9.38. The van der Waals surface area contributed by atoms with Crippen molar-refractivity contribution in [2.45, 2.75) is 90.0 Å². The molecule has 6 rings (SSSR count). The van der Waals surface area contributed by atoms with Crippen LogP contribution in [0, 0.1) is 23.2 Å². The second-order valence-electron chi connectivity index (χ2n) is 13.0. The van der Waals surface area contributed by atoms with E-state index in [1.807, 2.05) is 37.7 Å². The number of halogens is 3. The molecule has 2 N–H and O–H groups in total. The zero-order chi connectivity index (χ0) is 26.8. The van der Waals surface area contributed by atoms with Gasteiger partial charge in [0.1, 0.15) is 0 Å². The molecule has 4 aliphatic rings. The lowest BCUT2D eigenvalue weighted by Gasteiger charge is -2.60. The third kappa shape index (κ3) is 4.93. The second-order valence-corrected chi connectivity index (χ2v) is 13.0. The summed E-state index contributed by atoms with van der Waals surface area (Å²) in [5.41, 5.74) is 0.758. The molecule has 37 heavy (non-hydrogen) atoms. The Bertz CT molecular complexity index is 1150. The van der Waals surface area contributed by atoms with E-state index in [9.17, 15) is 18.0 Å². The molecule has 8 heteroatoms. The molecule has 1 amide bonds. The van der Waals surface area contributed by atoms with Gasteiger partial charge in [-0.15, -0.1) is 0 Å². The molecule has 5 nitrogen and oxygen atoms in total. The van der Waals surface area contributed by atoms with Crippen molar-refractivity contribution in [1.29, 1.82) is 0 Å². The fraction of sp³-hybridized carbons (Fsp3) is 0.655. The van der Waals surface area contributed by atoms with Crippen LogP contribution in [0.2, 0.25) is 0 Å². The summed E-state index contributed by atoms with van der Waals surface area (Å²) in [6.45, 7) is 11.5. The van der Waals surface area contributed by atoms with Gasteiger partial charge in [0.05, 0.1) is 22.8 Å². The number of carbonyl (C=O) groups excluding carboxylic acids is 1. The molecule has 1 aliphatic heterocycles. The van der Waals surface area contributed by atoms with Gasteiger partial charge in [-0.1, -0.05) is 26.0 Å². The molecule has 2 bridgehead atoms. The zero-order valence-corrected chi connectivity index (χ0v) is 22.4. The predicted molar refractivity (Wildman–Crippen MR) is 137 cm³/mol. The summed E-state index contributed by atoms with van der Waals surface area (Å²) in [6.07, 6.45) is 1.59. The fourth-order valence-corrected chi connectivity index (χ4v) is 6.97. The summed E-state index contributed by atoms with van der Waals surface area (Å²) in [5, 5.41) is 11.3. The predicted octanol–water partition coefficient (Wildman–Crippen LogP) is 6.03. The molecular weight excluding hydrogens is 477 g/mol. The maximum Gasteiger partial charge on any atom is 0.416 e. The molecule has 0 spiro atoms. The number of carbonyl (C=O) groups is 1. The molecule has 4 fully saturated rings. The molecule has 202 valence electrons. The van der Waals surface area contributed by atoms with Gasteiger partial charge < -0.3 is 5.32 Å². The van der Waals surface area contributed by atoms with E-state index in [4.69, 9.17) is 5.10 Å². The first-order valence-corrected chi connectivity index (χ1v) is 13.5. The molecule has 6 atom stereocenters. The van der Waals surface area contributed by atoms with Crippen LogP contribution in [0.25, 0.3) is 0 Å². The van der Waals surface area contributed by atoms with Crippen LogP contribution >= 0.6 is 0 Å². The van der Waals surface area contributed by atoms with E-state index < -0.39 is 23.8 Å². The molecule has 2 heterocycles. The van der Waals surface area contributed by atoms with Gasteiger partial charge in [0.15, 0.2) is 0 Å². The van der Waals surface area contributed by atoms with Crippen LogP contribution in [0.3, 0.4) is 0 Å². The molecule has 1 aromatic heterocycles. The molecule has 1 saturated heterocycles. The number of aromatic nitrogens is 2. The van der Waals surface area contributed by atoms with Gasteiger partial charge >= 0.3 is 6.18 Å². The fourth-order valence-electron chi connectivity index (χ4n) is 6.97. The Labute approximate surface area is 217 Å². The Hall–Kier alpha value is -2.35. The molecule has 2 aromatic rings. The largest absolute Gasteiger partial charge is 0.416 e. The van der Waals surface area contributed by atoms with Crippen LogP contribution in [0.4, 0.5) is 13.2 Å². The third-order valence-corrected chi connectivity index (χ3v) is 9.38. The Kier molecular flexibility index (Phi) is 6.49. The van der Waals surface area contributed by atoms with Crippen LogP contribution in [-0.2, 0) is 16.5 Å². The highest BCUT2D eigenvalue weighted by Gasteiger charge is 2.54. The van der Waals surface area contributed by atoms with E-state index in [0.29, 0.717) is 35.8 Å². The maximum atomic E-state index is 13.5. The van der Waals surface area contributed by atoms with Gasteiger partial charge in [-0.3, -0.25) is 14.8 Å². The average Bonchev–Trinajstić information content (AvgIpc) is 3.50. The summed E-state index contributed by atoms with van der Waals surface area (Å²) in [4.78, 5) is 13.3. The van der Waals surface area contributed by atoms with Gasteiger partial charge in [0.25, 0.3) is 0 Å². The smallest absolute Gasteiger partial charge is 0.354 e. The highest BCUT2D eigenvalue weighted by Crippen LogP contribution is 2.61. The monoisotopic (exact) mass is 516 g/mol. The first-order chi connectivity index (χ1) is 17.2. The van der Waals surface area contributed by atoms with Crippen LogP contribution in [-0.4, -0.2) is 28.3 Å². The van der Waals surface area contributed by atoms with E-state index in [1.54, 1.807) is 6.07 Å². The summed E-state index contributed by atoms with van der Waals surface area (Å²) in [6, 6.07) is 6.42. The highest BCUT2D eigenvalue weighted by molar-refractivity contribution is 5.82. The van der Waals surface area contributed by atoms with Crippen molar-refractivity contribution in [3.05, 3.63) is 53.3 Å². The highest BCUT2D eigenvalue weighted by atomic mass is 19.4. The standard InChI is InChI=1S/C29H39F3N4O/c1-27(2,3)36-12-11-23(35-36)21-15-24(34-25(21)17-7-6-8-20(13-17)29(30,31)32)26(37)33-16-18-9-10-19-14-22(18)28(19,4)5/h6-8,11-13,18-19,21-22,24-25,34H,9-10,14-16H2,1-5H3,(H,33,37)/t18-,19?,21?,22?,24-,25-/m0/s1. The number of nitrogens with one attached hydrogen (secondary N) is 2. The van der Waals surface area contributed by atoms with E-state index >= 15 is 0 Å². The Morgan fingerprint density at radius 1 is 1.16 bits per heavy atom. The first-order valence-electron chi connectivity index (χ1n) is 13.5. The molecule has 0 radical (unpaired) electrons. The van der Waals surface area contributed by atoms with E-state index in [-0.39, 0.29) is 17.4 Å². The van der Waals surface area contributed by atoms with Gasteiger partial charge in [0.2, 0.25) is 5.91 Å². The lowest BCUT2D eigenvalue weighted by atomic mass is 9.45. The van der Waals surface area contributed by atoms with E-state index in [1.165, 1.54) is 25.0 Å².